The van der Waals surface area contributed by atoms with Gasteiger partial charge in [-0.05, 0) is 54.7 Å². The number of fused-ring (bicyclic) bond motifs is 1. The van der Waals surface area contributed by atoms with Gasteiger partial charge in [0, 0.05) is 18.2 Å². The van der Waals surface area contributed by atoms with Crippen molar-refractivity contribution in [3.63, 3.8) is 0 Å². The lowest BCUT2D eigenvalue weighted by atomic mass is 9.64. The SMILES string of the molecule is COC(=O)CN1CCc2cc(OC)c(OC)c3c2C1CCC31CCCC1. The molecule has 142 valence electrons. The highest BCUT2D eigenvalue weighted by Gasteiger charge is 2.48. The van der Waals surface area contributed by atoms with Crippen molar-refractivity contribution in [3.05, 3.63) is 22.8 Å². The molecule has 1 aromatic rings. The summed E-state index contributed by atoms with van der Waals surface area (Å²) in [6.45, 7) is 1.25. The minimum Gasteiger partial charge on any atom is -0.493 e. The number of hydrogen-bond acceptors (Lipinski definition) is 5. The molecule has 0 saturated heterocycles. The van der Waals surface area contributed by atoms with Gasteiger partial charge in [0.25, 0.3) is 0 Å². The van der Waals surface area contributed by atoms with E-state index < -0.39 is 0 Å². The Morgan fingerprint density at radius 3 is 2.62 bits per heavy atom. The number of rotatable bonds is 4. The average Bonchev–Trinajstić information content (AvgIpc) is 3.13. The van der Waals surface area contributed by atoms with Gasteiger partial charge in [-0.25, -0.2) is 0 Å². The summed E-state index contributed by atoms with van der Waals surface area (Å²) in [5.41, 5.74) is 4.37. The maximum atomic E-state index is 11.9. The molecule has 0 N–H and O–H groups in total. The van der Waals surface area contributed by atoms with Crippen LogP contribution in [0.4, 0.5) is 0 Å². The van der Waals surface area contributed by atoms with E-state index in [4.69, 9.17) is 14.2 Å². The zero-order valence-electron chi connectivity index (χ0n) is 16.1. The molecule has 1 spiro atoms. The molecule has 26 heavy (non-hydrogen) atoms. The first-order chi connectivity index (χ1) is 12.6. The fraction of sp³-hybridized carbons (Fsp3) is 0.667. The fourth-order valence-electron chi connectivity index (χ4n) is 5.61. The molecule has 1 atom stereocenters. The summed E-state index contributed by atoms with van der Waals surface area (Å²) in [7, 11) is 4.95. The first kappa shape index (κ1) is 17.7. The number of carbonyl (C=O) groups excluding carboxylic acids is 1. The number of nitrogens with zero attached hydrogens (tertiary/aromatic N) is 1. The Bertz CT molecular complexity index is 708. The molecule has 2 aliphatic carbocycles. The lowest BCUT2D eigenvalue weighted by Crippen LogP contribution is -2.44. The van der Waals surface area contributed by atoms with Gasteiger partial charge < -0.3 is 14.2 Å². The molecule has 0 aromatic heterocycles. The standard InChI is InChI=1S/C21H29NO4/c1-24-16-12-14-7-11-22(13-17(23)25-2)15-6-10-21(8-4-5-9-21)19(18(14)15)20(16)26-3/h12,15H,4-11,13H2,1-3H3. The van der Waals surface area contributed by atoms with Gasteiger partial charge in [0.1, 0.15) is 0 Å². The van der Waals surface area contributed by atoms with Crippen molar-refractivity contribution in [1.29, 1.82) is 0 Å². The Labute approximate surface area is 155 Å². The summed E-state index contributed by atoms with van der Waals surface area (Å²) < 4.78 is 16.5. The second kappa shape index (κ2) is 6.76. The fourth-order valence-corrected chi connectivity index (χ4v) is 5.61. The number of carbonyl (C=O) groups is 1. The topological polar surface area (TPSA) is 48.0 Å². The zero-order chi connectivity index (χ0) is 18.3. The first-order valence-corrected chi connectivity index (χ1v) is 9.72. The van der Waals surface area contributed by atoms with Gasteiger partial charge >= 0.3 is 5.97 Å². The summed E-state index contributed by atoms with van der Waals surface area (Å²) >= 11 is 0. The number of hydrogen-bond donors (Lipinski definition) is 0. The van der Waals surface area contributed by atoms with Gasteiger partial charge in [-0.2, -0.15) is 0 Å². The second-order valence-corrected chi connectivity index (χ2v) is 7.90. The molecule has 0 bridgehead atoms. The molecule has 1 fully saturated rings. The number of methoxy groups -OCH3 is 3. The molecular formula is C21H29NO4. The molecule has 1 aliphatic heterocycles. The summed E-state index contributed by atoms with van der Waals surface area (Å²) in [6.07, 6.45) is 8.22. The van der Waals surface area contributed by atoms with Crippen LogP contribution in [-0.4, -0.2) is 45.3 Å². The Kier molecular flexibility index (Phi) is 4.59. The van der Waals surface area contributed by atoms with E-state index in [1.165, 1.54) is 49.5 Å². The van der Waals surface area contributed by atoms with E-state index in [-0.39, 0.29) is 17.4 Å². The highest BCUT2D eigenvalue weighted by atomic mass is 16.5. The number of benzene rings is 1. The van der Waals surface area contributed by atoms with Crippen LogP contribution in [0, 0.1) is 0 Å². The van der Waals surface area contributed by atoms with Crippen LogP contribution in [-0.2, 0) is 21.4 Å². The van der Waals surface area contributed by atoms with Crippen molar-refractivity contribution in [2.75, 3.05) is 34.4 Å². The Morgan fingerprint density at radius 1 is 1.19 bits per heavy atom. The van der Waals surface area contributed by atoms with Crippen LogP contribution in [0.15, 0.2) is 6.07 Å². The van der Waals surface area contributed by atoms with Gasteiger partial charge in [0.05, 0.1) is 27.9 Å². The second-order valence-electron chi connectivity index (χ2n) is 7.90. The van der Waals surface area contributed by atoms with E-state index >= 15 is 0 Å². The van der Waals surface area contributed by atoms with E-state index in [1.807, 2.05) is 0 Å². The Hall–Kier alpha value is -1.75. The molecule has 4 rings (SSSR count). The van der Waals surface area contributed by atoms with Gasteiger partial charge in [0.15, 0.2) is 11.5 Å². The van der Waals surface area contributed by atoms with Gasteiger partial charge in [-0.3, -0.25) is 9.69 Å². The van der Waals surface area contributed by atoms with E-state index in [0.717, 1.165) is 37.3 Å². The quantitative estimate of drug-likeness (QED) is 0.772. The minimum absolute atomic E-state index is 0.156. The molecule has 3 aliphatic rings. The third-order valence-corrected chi connectivity index (χ3v) is 6.79. The maximum Gasteiger partial charge on any atom is 0.319 e. The highest BCUT2D eigenvalue weighted by Crippen LogP contribution is 2.58. The van der Waals surface area contributed by atoms with Crippen LogP contribution in [0.1, 0.15) is 61.3 Å². The van der Waals surface area contributed by atoms with Crippen molar-refractivity contribution in [3.8, 4) is 11.5 Å². The summed E-state index contributed by atoms with van der Waals surface area (Å²) in [5, 5.41) is 0. The summed E-state index contributed by atoms with van der Waals surface area (Å²) in [5.74, 6) is 1.61. The first-order valence-electron chi connectivity index (χ1n) is 9.72. The van der Waals surface area contributed by atoms with Crippen LogP contribution < -0.4 is 9.47 Å². The van der Waals surface area contributed by atoms with Crippen LogP contribution >= 0.6 is 0 Å². The molecule has 1 aromatic carbocycles. The van der Waals surface area contributed by atoms with E-state index in [1.54, 1.807) is 14.2 Å². The van der Waals surface area contributed by atoms with E-state index in [9.17, 15) is 4.79 Å². The molecule has 0 amide bonds. The van der Waals surface area contributed by atoms with E-state index in [2.05, 4.69) is 11.0 Å². The summed E-state index contributed by atoms with van der Waals surface area (Å²) in [4.78, 5) is 14.2. The predicted molar refractivity (Wildman–Crippen MR) is 99.0 cm³/mol. The lowest BCUT2D eigenvalue weighted by molar-refractivity contribution is -0.142. The van der Waals surface area contributed by atoms with Gasteiger partial charge in [-0.15, -0.1) is 0 Å². The third-order valence-electron chi connectivity index (χ3n) is 6.79. The van der Waals surface area contributed by atoms with Crippen molar-refractivity contribution in [1.82, 2.24) is 4.90 Å². The van der Waals surface area contributed by atoms with Crippen molar-refractivity contribution < 1.29 is 19.0 Å². The van der Waals surface area contributed by atoms with Crippen LogP contribution in [0.2, 0.25) is 0 Å². The number of ether oxygens (including phenoxy) is 3. The monoisotopic (exact) mass is 359 g/mol. The molecule has 5 heteroatoms. The Morgan fingerprint density at radius 2 is 1.96 bits per heavy atom. The summed E-state index contributed by atoms with van der Waals surface area (Å²) in [6, 6.07) is 2.44. The lowest BCUT2D eigenvalue weighted by Gasteiger charge is -2.47. The molecular weight excluding hydrogens is 330 g/mol. The van der Waals surface area contributed by atoms with Crippen LogP contribution in [0.5, 0.6) is 11.5 Å². The van der Waals surface area contributed by atoms with Gasteiger partial charge in [0.2, 0.25) is 0 Å². The highest BCUT2D eigenvalue weighted by molar-refractivity contribution is 5.72. The van der Waals surface area contributed by atoms with Gasteiger partial charge in [-0.1, -0.05) is 12.8 Å². The third kappa shape index (κ3) is 2.59. The predicted octanol–water partition coefficient (Wildman–Crippen LogP) is 3.38. The van der Waals surface area contributed by atoms with Crippen LogP contribution in [0.3, 0.4) is 0 Å². The minimum atomic E-state index is -0.156. The van der Waals surface area contributed by atoms with Crippen molar-refractivity contribution >= 4 is 5.97 Å². The largest absolute Gasteiger partial charge is 0.493 e. The Balaban J connectivity index is 1.86. The smallest absolute Gasteiger partial charge is 0.319 e. The normalized spacial score (nSPS) is 23.6. The molecule has 1 heterocycles. The maximum absolute atomic E-state index is 11.9. The van der Waals surface area contributed by atoms with Crippen molar-refractivity contribution in [2.24, 2.45) is 0 Å². The molecule has 1 saturated carbocycles. The molecule has 0 radical (unpaired) electrons. The van der Waals surface area contributed by atoms with E-state index in [0.29, 0.717) is 6.54 Å². The molecule has 1 unspecified atom stereocenters. The zero-order valence-corrected chi connectivity index (χ0v) is 16.1. The average molecular weight is 359 g/mol. The molecule has 5 nitrogen and oxygen atoms in total. The van der Waals surface area contributed by atoms with Crippen LogP contribution in [0.25, 0.3) is 0 Å². The van der Waals surface area contributed by atoms with Crippen molar-refractivity contribution in [2.45, 2.75) is 56.4 Å². The number of esters is 1.